The van der Waals surface area contributed by atoms with E-state index in [9.17, 15) is 51.0 Å². The van der Waals surface area contributed by atoms with Gasteiger partial charge in [-0.15, -0.1) is 11.8 Å². The van der Waals surface area contributed by atoms with Crippen LogP contribution in [0.25, 0.3) is 11.1 Å². The number of hydrogen-bond donors (Lipinski definition) is 7. The van der Waals surface area contributed by atoms with E-state index in [1.54, 1.807) is 17.2 Å². The van der Waals surface area contributed by atoms with Gasteiger partial charge in [0.05, 0.1) is 12.1 Å². The van der Waals surface area contributed by atoms with E-state index in [0.717, 1.165) is 35.5 Å². The predicted molar refractivity (Wildman–Crippen MR) is 211 cm³/mol. The second kappa shape index (κ2) is 22.7. The molecule has 1 unspecified atom stereocenters. The predicted octanol–water partition coefficient (Wildman–Crippen LogP) is 3.99. The summed E-state index contributed by atoms with van der Waals surface area (Å²) in [5, 5.41) is 29.3. The minimum absolute atomic E-state index is 0.0134. The average molecular weight is 873 g/mol. The Bertz CT molecular complexity index is 1960. The molecule has 330 valence electrons. The molecule has 3 rings (SSSR count). The Labute approximate surface area is 346 Å². The standard InChI is InChI=1S/C37H48F2N6O7S.C2HF3O2/c1-22(46)45(15-12-28(40)34(48)43-14-13-42-32(47)18-31(36(51)52)53-21-29(41)35(49)50)33(37(2,3)4)30-16-24(26-17-25(38)10-11-27(26)39)20-44(30)19-23-8-6-5-7-9-23;3-2(4,5)1(6)7/h5-11,16-17,20,28-29,31,33H,12-15,18-19,21,40-41H2,1-4H3,(H,42,47)(H,43,48)(H,49,50)(H,51,52);(H,6,7)/t28-,29-,31?,33-;/m0./s1. The van der Waals surface area contributed by atoms with Crippen molar-refractivity contribution in [2.24, 2.45) is 16.9 Å². The zero-order valence-electron chi connectivity index (χ0n) is 33.2. The van der Waals surface area contributed by atoms with Crippen LogP contribution in [-0.4, -0.2) is 109 Å². The van der Waals surface area contributed by atoms with Crippen molar-refractivity contribution in [3.63, 3.8) is 0 Å². The largest absolute Gasteiger partial charge is 0.490 e. The minimum Gasteiger partial charge on any atom is -0.480 e. The van der Waals surface area contributed by atoms with Gasteiger partial charge in [-0.1, -0.05) is 51.1 Å². The number of halogens is 5. The number of amides is 3. The maximum absolute atomic E-state index is 15.0. The lowest BCUT2D eigenvalue weighted by atomic mass is 9.82. The molecule has 4 atom stereocenters. The fourth-order valence-electron chi connectivity index (χ4n) is 5.76. The minimum atomic E-state index is -5.08. The summed E-state index contributed by atoms with van der Waals surface area (Å²) >= 11 is 0.745. The normalized spacial score (nSPS) is 13.4. The van der Waals surface area contributed by atoms with Crippen LogP contribution in [0.3, 0.4) is 0 Å². The monoisotopic (exact) mass is 872 g/mol. The number of thioether (sulfide) groups is 1. The van der Waals surface area contributed by atoms with Crippen molar-refractivity contribution in [1.29, 1.82) is 0 Å². The summed E-state index contributed by atoms with van der Waals surface area (Å²) in [6, 6.07) is 11.7. The van der Waals surface area contributed by atoms with Gasteiger partial charge in [-0.25, -0.2) is 13.6 Å². The van der Waals surface area contributed by atoms with E-state index in [1.165, 1.54) is 6.92 Å². The molecule has 2 aromatic carbocycles. The molecule has 0 aliphatic rings. The van der Waals surface area contributed by atoms with Crippen molar-refractivity contribution >= 4 is 47.4 Å². The SMILES string of the molecule is CC(=O)N(CC[C@H](N)C(=O)NCCNC(=O)CC(SC[C@H](N)C(=O)O)C(=O)O)[C@@H](c1cc(-c2cc(F)ccc2F)cn1Cc1ccccc1)C(C)(C)C.O=C(O)C(F)(F)F. The molecule has 1 heterocycles. The molecule has 1 aromatic heterocycles. The Balaban J connectivity index is 0.00000162. The Morgan fingerprint density at radius 1 is 0.867 bits per heavy atom. The maximum Gasteiger partial charge on any atom is 0.490 e. The molecule has 0 fully saturated rings. The first-order valence-electron chi connectivity index (χ1n) is 18.2. The molecule has 0 saturated heterocycles. The highest BCUT2D eigenvalue weighted by molar-refractivity contribution is 8.00. The van der Waals surface area contributed by atoms with Crippen LogP contribution in [0.1, 0.15) is 57.8 Å². The van der Waals surface area contributed by atoms with Crippen molar-refractivity contribution in [2.75, 3.05) is 25.4 Å². The first-order valence-corrected chi connectivity index (χ1v) is 19.3. The van der Waals surface area contributed by atoms with Crippen LogP contribution < -0.4 is 22.1 Å². The Hall–Kier alpha value is -5.54. The first kappa shape index (κ1) is 50.6. The van der Waals surface area contributed by atoms with Crippen molar-refractivity contribution in [3.8, 4) is 11.1 Å². The van der Waals surface area contributed by atoms with Crippen LogP contribution in [0.4, 0.5) is 22.0 Å². The summed E-state index contributed by atoms with van der Waals surface area (Å²) in [5.74, 6) is -8.14. The maximum atomic E-state index is 15.0. The fraction of sp³-hybridized carbons (Fsp3) is 0.436. The third-order valence-electron chi connectivity index (χ3n) is 8.63. The van der Waals surface area contributed by atoms with Gasteiger partial charge in [-0.05, 0) is 41.7 Å². The molecule has 21 heteroatoms. The topological polar surface area (TPSA) is 247 Å². The highest BCUT2D eigenvalue weighted by Gasteiger charge is 2.38. The van der Waals surface area contributed by atoms with Gasteiger partial charge < -0.3 is 46.9 Å². The highest BCUT2D eigenvalue weighted by Crippen LogP contribution is 2.41. The number of benzene rings is 2. The quantitative estimate of drug-likeness (QED) is 0.0668. The third-order valence-corrected chi connectivity index (χ3v) is 9.95. The first-order chi connectivity index (χ1) is 27.8. The number of carboxylic acid groups (broad SMARTS) is 3. The van der Waals surface area contributed by atoms with Crippen molar-refractivity contribution in [3.05, 3.63) is 83.7 Å². The number of rotatable bonds is 19. The van der Waals surface area contributed by atoms with Gasteiger partial charge in [0.1, 0.15) is 22.9 Å². The van der Waals surface area contributed by atoms with E-state index in [4.69, 9.17) is 26.5 Å². The van der Waals surface area contributed by atoms with Gasteiger partial charge in [0.2, 0.25) is 17.7 Å². The second-order valence-electron chi connectivity index (χ2n) is 14.5. The molecule has 60 heavy (non-hydrogen) atoms. The van der Waals surface area contributed by atoms with E-state index >= 15 is 0 Å². The molecule has 0 spiro atoms. The van der Waals surface area contributed by atoms with Gasteiger partial charge >= 0.3 is 24.1 Å². The van der Waals surface area contributed by atoms with Gasteiger partial charge in [0.15, 0.2) is 0 Å². The number of nitrogens with one attached hydrogen (secondary N) is 2. The zero-order chi connectivity index (χ0) is 45.5. The molecule has 3 aromatic rings. The van der Waals surface area contributed by atoms with E-state index in [-0.39, 0.29) is 43.3 Å². The average Bonchev–Trinajstić information content (AvgIpc) is 3.55. The van der Waals surface area contributed by atoms with Gasteiger partial charge in [-0.2, -0.15) is 13.2 Å². The van der Waals surface area contributed by atoms with Gasteiger partial charge in [0, 0.05) is 68.3 Å². The number of nitrogens with two attached hydrogens (primary N) is 2. The molecule has 0 aliphatic heterocycles. The van der Waals surface area contributed by atoms with Crippen LogP contribution in [0.5, 0.6) is 0 Å². The summed E-state index contributed by atoms with van der Waals surface area (Å²) in [7, 11) is 0. The molecule has 0 bridgehead atoms. The molecular formula is C39H49F5N6O9S. The summed E-state index contributed by atoms with van der Waals surface area (Å²) in [5.41, 5.74) is 13.2. The molecule has 0 saturated carbocycles. The third kappa shape index (κ3) is 16.3. The molecular weight excluding hydrogens is 824 g/mol. The number of carbonyl (C=O) groups excluding carboxylic acids is 3. The Morgan fingerprint density at radius 2 is 1.47 bits per heavy atom. The van der Waals surface area contributed by atoms with Crippen LogP contribution in [0.2, 0.25) is 0 Å². The molecule has 15 nitrogen and oxygen atoms in total. The number of nitrogens with zero attached hydrogens (tertiary/aromatic N) is 2. The number of aromatic nitrogens is 1. The van der Waals surface area contributed by atoms with Crippen LogP contribution in [0, 0.1) is 17.0 Å². The van der Waals surface area contributed by atoms with E-state index in [1.807, 2.05) is 55.7 Å². The number of carbonyl (C=O) groups is 6. The molecule has 0 radical (unpaired) electrons. The Kier molecular flexibility index (Phi) is 19.2. The lowest BCUT2D eigenvalue weighted by molar-refractivity contribution is -0.192. The summed E-state index contributed by atoms with van der Waals surface area (Å²) < 4.78 is 62.9. The Morgan fingerprint density at radius 3 is 2.00 bits per heavy atom. The van der Waals surface area contributed by atoms with E-state index < -0.39 is 82.7 Å². The summed E-state index contributed by atoms with van der Waals surface area (Å²) in [4.78, 5) is 71.4. The number of carboxylic acids is 3. The van der Waals surface area contributed by atoms with E-state index in [0.29, 0.717) is 17.8 Å². The van der Waals surface area contributed by atoms with Crippen LogP contribution in [-0.2, 0) is 35.3 Å². The second-order valence-corrected chi connectivity index (χ2v) is 15.8. The smallest absolute Gasteiger partial charge is 0.480 e. The summed E-state index contributed by atoms with van der Waals surface area (Å²) in [6.45, 7) is 7.72. The molecule has 9 N–H and O–H groups in total. The number of alkyl halides is 3. The fourth-order valence-corrected chi connectivity index (χ4v) is 6.75. The van der Waals surface area contributed by atoms with Gasteiger partial charge in [0.25, 0.3) is 0 Å². The van der Waals surface area contributed by atoms with Crippen molar-refractivity contribution in [2.45, 2.75) is 76.6 Å². The van der Waals surface area contributed by atoms with Crippen LogP contribution >= 0.6 is 11.8 Å². The van der Waals surface area contributed by atoms with Crippen molar-refractivity contribution in [1.82, 2.24) is 20.1 Å². The number of hydrogen-bond acceptors (Lipinski definition) is 9. The van der Waals surface area contributed by atoms with Gasteiger partial charge in [-0.3, -0.25) is 24.0 Å². The lowest BCUT2D eigenvalue weighted by Gasteiger charge is -2.41. The summed E-state index contributed by atoms with van der Waals surface area (Å²) in [6.07, 6.45) is -3.70. The number of aliphatic carboxylic acids is 3. The highest BCUT2D eigenvalue weighted by atomic mass is 32.2. The van der Waals surface area contributed by atoms with E-state index in [2.05, 4.69) is 10.6 Å². The zero-order valence-corrected chi connectivity index (χ0v) is 34.0. The molecule has 3 amide bonds. The molecule has 0 aliphatic carbocycles. The van der Waals surface area contributed by atoms with Crippen molar-refractivity contribution < 1.29 is 66.0 Å². The lowest BCUT2D eigenvalue weighted by Crippen LogP contribution is -2.47. The van der Waals surface area contributed by atoms with Crippen LogP contribution in [0.15, 0.2) is 60.8 Å².